The SMILES string of the molecule is O=C(O)c1ccncc1Cc1ccncc1. The summed E-state index contributed by atoms with van der Waals surface area (Å²) in [5.74, 6) is -0.925. The zero-order chi connectivity index (χ0) is 11.4. The molecule has 16 heavy (non-hydrogen) atoms. The summed E-state index contributed by atoms with van der Waals surface area (Å²) in [5.41, 5.74) is 2.03. The van der Waals surface area contributed by atoms with E-state index in [4.69, 9.17) is 5.11 Å². The average Bonchev–Trinajstić information content (AvgIpc) is 2.31. The van der Waals surface area contributed by atoms with Gasteiger partial charge in [-0.15, -0.1) is 0 Å². The lowest BCUT2D eigenvalue weighted by Crippen LogP contribution is -2.03. The predicted octanol–water partition coefficient (Wildman–Crippen LogP) is 1.77. The number of carboxylic acid groups (broad SMARTS) is 1. The fraction of sp³-hybridized carbons (Fsp3) is 0.0833. The van der Waals surface area contributed by atoms with Gasteiger partial charge in [0.1, 0.15) is 0 Å². The number of carbonyl (C=O) groups is 1. The van der Waals surface area contributed by atoms with E-state index in [1.54, 1.807) is 18.6 Å². The van der Waals surface area contributed by atoms with Gasteiger partial charge in [-0.2, -0.15) is 0 Å². The summed E-state index contributed by atoms with van der Waals surface area (Å²) < 4.78 is 0. The number of aromatic nitrogens is 2. The number of nitrogens with zero attached hydrogens (tertiary/aromatic N) is 2. The van der Waals surface area contributed by atoms with Crippen LogP contribution in [0.4, 0.5) is 0 Å². The van der Waals surface area contributed by atoms with Crippen LogP contribution in [0.2, 0.25) is 0 Å². The van der Waals surface area contributed by atoms with Crippen molar-refractivity contribution in [3.05, 3.63) is 59.7 Å². The van der Waals surface area contributed by atoms with E-state index in [9.17, 15) is 4.79 Å². The molecular formula is C12H10N2O2. The van der Waals surface area contributed by atoms with Crippen molar-refractivity contribution in [3.8, 4) is 0 Å². The molecular weight excluding hydrogens is 204 g/mol. The van der Waals surface area contributed by atoms with Crippen molar-refractivity contribution in [2.24, 2.45) is 0 Å². The highest BCUT2D eigenvalue weighted by atomic mass is 16.4. The van der Waals surface area contributed by atoms with E-state index in [0.29, 0.717) is 17.5 Å². The summed E-state index contributed by atoms with van der Waals surface area (Å²) in [6.45, 7) is 0. The van der Waals surface area contributed by atoms with Crippen molar-refractivity contribution in [1.29, 1.82) is 0 Å². The topological polar surface area (TPSA) is 63.1 Å². The second-order valence-corrected chi connectivity index (χ2v) is 3.37. The molecule has 0 amide bonds. The zero-order valence-corrected chi connectivity index (χ0v) is 8.50. The van der Waals surface area contributed by atoms with Crippen LogP contribution in [0.25, 0.3) is 0 Å². The molecule has 0 spiro atoms. The Balaban J connectivity index is 2.31. The van der Waals surface area contributed by atoms with Crippen LogP contribution in [-0.4, -0.2) is 21.0 Å². The zero-order valence-electron chi connectivity index (χ0n) is 8.50. The summed E-state index contributed by atoms with van der Waals surface area (Å²) >= 11 is 0. The largest absolute Gasteiger partial charge is 0.478 e. The number of hydrogen-bond donors (Lipinski definition) is 1. The molecule has 2 aromatic heterocycles. The van der Waals surface area contributed by atoms with Gasteiger partial charge >= 0.3 is 5.97 Å². The van der Waals surface area contributed by atoms with Crippen molar-refractivity contribution in [1.82, 2.24) is 9.97 Å². The lowest BCUT2D eigenvalue weighted by atomic mass is 10.0. The average molecular weight is 214 g/mol. The van der Waals surface area contributed by atoms with Crippen LogP contribution in [0.5, 0.6) is 0 Å². The molecule has 2 heterocycles. The Bertz CT molecular complexity index is 497. The molecule has 0 bridgehead atoms. The van der Waals surface area contributed by atoms with Crippen LogP contribution in [0.1, 0.15) is 21.5 Å². The molecule has 0 saturated heterocycles. The smallest absolute Gasteiger partial charge is 0.336 e. The van der Waals surface area contributed by atoms with E-state index >= 15 is 0 Å². The van der Waals surface area contributed by atoms with E-state index in [1.807, 2.05) is 12.1 Å². The van der Waals surface area contributed by atoms with Gasteiger partial charge in [-0.1, -0.05) is 0 Å². The quantitative estimate of drug-likeness (QED) is 0.845. The first-order valence-electron chi connectivity index (χ1n) is 4.82. The standard InChI is InChI=1S/C12H10N2O2/c15-12(16)11-3-6-14-8-10(11)7-9-1-4-13-5-2-9/h1-6,8H,7H2,(H,15,16). The van der Waals surface area contributed by atoms with Gasteiger partial charge in [0.2, 0.25) is 0 Å². The molecule has 0 saturated carbocycles. The number of hydrogen-bond acceptors (Lipinski definition) is 3. The minimum absolute atomic E-state index is 0.298. The first-order valence-corrected chi connectivity index (χ1v) is 4.82. The fourth-order valence-corrected chi connectivity index (χ4v) is 1.50. The van der Waals surface area contributed by atoms with E-state index in [-0.39, 0.29) is 0 Å². The van der Waals surface area contributed by atoms with E-state index in [1.165, 1.54) is 12.3 Å². The molecule has 0 radical (unpaired) electrons. The molecule has 0 fully saturated rings. The number of pyridine rings is 2. The third-order valence-corrected chi connectivity index (χ3v) is 2.28. The summed E-state index contributed by atoms with van der Waals surface area (Å²) in [4.78, 5) is 18.8. The van der Waals surface area contributed by atoms with Gasteiger partial charge in [0.25, 0.3) is 0 Å². The molecule has 2 aromatic rings. The highest BCUT2D eigenvalue weighted by Gasteiger charge is 2.09. The molecule has 4 heteroatoms. The van der Waals surface area contributed by atoms with Gasteiger partial charge in [0.15, 0.2) is 0 Å². The minimum Gasteiger partial charge on any atom is -0.478 e. The lowest BCUT2D eigenvalue weighted by molar-refractivity contribution is 0.0695. The molecule has 0 aliphatic carbocycles. The normalized spacial score (nSPS) is 10.0. The molecule has 0 aliphatic rings. The number of aromatic carboxylic acids is 1. The molecule has 0 unspecified atom stereocenters. The highest BCUT2D eigenvalue weighted by Crippen LogP contribution is 2.12. The van der Waals surface area contributed by atoms with Crippen molar-refractivity contribution in [3.63, 3.8) is 0 Å². The van der Waals surface area contributed by atoms with Gasteiger partial charge in [0, 0.05) is 24.8 Å². The summed E-state index contributed by atoms with van der Waals surface area (Å²) in [6.07, 6.45) is 7.00. The monoisotopic (exact) mass is 214 g/mol. The van der Waals surface area contributed by atoms with E-state index in [2.05, 4.69) is 9.97 Å². The maximum Gasteiger partial charge on any atom is 0.336 e. The van der Waals surface area contributed by atoms with Crippen molar-refractivity contribution < 1.29 is 9.90 Å². The van der Waals surface area contributed by atoms with Crippen molar-refractivity contribution in [2.75, 3.05) is 0 Å². The first-order chi connectivity index (χ1) is 7.77. The Hall–Kier alpha value is -2.23. The van der Waals surface area contributed by atoms with Gasteiger partial charge in [0.05, 0.1) is 5.56 Å². The number of carboxylic acids is 1. The van der Waals surface area contributed by atoms with Crippen molar-refractivity contribution >= 4 is 5.97 Å². The predicted molar refractivity (Wildman–Crippen MR) is 58.2 cm³/mol. The molecule has 80 valence electrons. The maximum atomic E-state index is 11.0. The maximum absolute atomic E-state index is 11.0. The third kappa shape index (κ3) is 2.23. The second kappa shape index (κ2) is 4.53. The first kappa shape index (κ1) is 10.3. The Morgan fingerprint density at radius 1 is 1.12 bits per heavy atom. The summed E-state index contributed by atoms with van der Waals surface area (Å²) in [6, 6.07) is 5.23. The fourth-order valence-electron chi connectivity index (χ4n) is 1.50. The third-order valence-electron chi connectivity index (χ3n) is 2.28. The molecule has 2 rings (SSSR count). The van der Waals surface area contributed by atoms with Crippen LogP contribution in [0, 0.1) is 0 Å². The summed E-state index contributed by atoms with van der Waals surface area (Å²) in [7, 11) is 0. The van der Waals surface area contributed by atoms with E-state index in [0.717, 1.165) is 5.56 Å². The Morgan fingerprint density at radius 3 is 2.50 bits per heavy atom. The van der Waals surface area contributed by atoms with E-state index < -0.39 is 5.97 Å². The lowest BCUT2D eigenvalue weighted by Gasteiger charge is -2.04. The second-order valence-electron chi connectivity index (χ2n) is 3.37. The Kier molecular flexibility index (Phi) is 2.91. The molecule has 4 nitrogen and oxygen atoms in total. The van der Waals surface area contributed by atoms with Gasteiger partial charge < -0.3 is 5.11 Å². The Labute approximate surface area is 92.6 Å². The molecule has 0 aliphatic heterocycles. The molecule has 0 atom stereocenters. The summed E-state index contributed by atoms with van der Waals surface area (Å²) in [5, 5.41) is 9.00. The van der Waals surface area contributed by atoms with Gasteiger partial charge in [-0.3, -0.25) is 9.97 Å². The number of rotatable bonds is 3. The van der Waals surface area contributed by atoms with Crippen LogP contribution in [0.15, 0.2) is 43.0 Å². The van der Waals surface area contributed by atoms with Gasteiger partial charge in [-0.25, -0.2) is 4.79 Å². The van der Waals surface area contributed by atoms with Crippen LogP contribution < -0.4 is 0 Å². The molecule has 0 aromatic carbocycles. The van der Waals surface area contributed by atoms with Crippen LogP contribution in [0.3, 0.4) is 0 Å². The molecule has 1 N–H and O–H groups in total. The Morgan fingerprint density at radius 2 is 1.81 bits per heavy atom. The highest BCUT2D eigenvalue weighted by molar-refractivity contribution is 5.89. The van der Waals surface area contributed by atoms with Crippen molar-refractivity contribution in [2.45, 2.75) is 6.42 Å². The van der Waals surface area contributed by atoms with Crippen LogP contribution >= 0.6 is 0 Å². The van der Waals surface area contributed by atoms with Crippen LogP contribution in [-0.2, 0) is 6.42 Å². The minimum atomic E-state index is -0.925. The van der Waals surface area contributed by atoms with Gasteiger partial charge in [-0.05, 0) is 35.7 Å².